The van der Waals surface area contributed by atoms with Gasteiger partial charge in [0, 0.05) is 0 Å². The molecule has 0 saturated carbocycles. The van der Waals surface area contributed by atoms with Gasteiger partial charge in [-0.1, -0.05) is 0 Å². The van der Waals surface area contributed by atoms with Crippen molar-refractivity contribution in [3.8, 4) is 0 Å². The standard InChI is InChI=1S/C32H68O2P2/c1-5-9-13-17-21-25-29-36(34-35-33,30-26-22-18-14-10-6-2,31-27-23-19-15-11-7-3)32-28-24-20-16-12-8-4/h5-32H2,1-4H3. The summed E-state index contributed by atoms with van der Waals surface area (Å²) in [4.78, 5) is 0. The SMILES string of the molecule is CCCCCCCCP(CCCCCCCC)(CCCCCCCC)(CCCCCCCC)OP=O. The van der Waals surface area contributed by atoms with E-state index in [0.717, 1.165) is 0 Å². The van der Waals surface area contributed by atoms with Crippen LogP contribution in [0.5, 0.6) is 0 Å². The Bertz CT molecular complexity index is 394. The molecule has 4 heteroatoms. The Kier molecular flexibility index (Phi) is 26.1. The Morgan fingerprint density at radius 3 is 0.833 bits per heavy atom. The molecule has 0 fully saturated rings. The van der Waals surface area contributed by atoms with E-state index in [1.807, 2.05) is 0 Å². The molecule has 0 aromatic rings. The molecule has 0 rings (SSSR count). The summed E-state index contributed by atoms with van der Waals surface area (Å²) in [5, 5.41) is 0. The van der Waals surface area contributed by atoms with E-state index in [4.69, 9.17) is 4.31 Å². The van der Waals surface area contributed by atoms with Gasteiger partial charge in [0.15, 0.2) is 0 Å². The first-order valence-electron chi connectivity index (χ1n) is 16.6. The number of hydrogen-bond donors (Lipinski definition) is 0. The third-order valence-corrected chi connectivity index (χ3v) is 16.5. The van der Waals surface area contributed by atoms with Gasteiger partial charge in [-0.2, -0.15) is 0 Å². The summed E-state index contributed by atoms with van der Waals surface area (Å²) in [6.07, 6.45) is 37.1. The molecule has 0 N–H and O–H groups in total. The number of rotatable bonds is 30. The Balaban J connectivity index is 5.40. The van der Waals surface area contributed by atoms with Gasteiger partial charge in [-0.15, -0.1) is 0 Å². The van der Waals surface area contributed by atoms with Gasteiger partial charge >= 0.3 is 231 Å². The van der Waals surface area contributed by atoms with E-state index in [2.05, 4.69) is 27.7 Å². The van der Waals surface area contributed by atoms with E-state index in [1.165, 1.54) is 179 Å². The summed E-state index contributed by atoms with van der Waals surface area (Å²) in [6.45, 7) is 6.76. The fourth-order valence-corrected chi connectivity index (χ4v) is 13.6. The third kappa shape index (κ3) is 18.7. The first-order chi connectivity index (χ1) is 17.6. The second-order valence-corrected chi connectivity index (χ2v) is 18.3. The maximum atomic E-state index is 12.2. The van der Waals surface area contributed by atoms with Gasteiger partial charge in [0.25, 0.3) is 0 Å². The fourth-order valence-electron chi connectivity index (χ4n) is 6.10. The van der Waals surface area contributed by atoms with Crippen molar-refractivity contribution in [3.63, 3.8) is 0 Å². The summed E-state index contributed by atoms with van der Waals surface area (Å²) in [6, 6.07) is 0. The van der Waals surface area contributed by atoms with Gasteiger partial charge in [-0.25, -0.2) is 0 Å². The van der Waals surface area contributed by atoms with Gasteiger partial charge in [-0.05, 0) is 0 Å². The molecule has 0 aliphatic rings. The van der Waals surface area contributed by atoms with Crippen LogP contribution in [-0.4, -0.2) is 24.6 Å². The monoisotopic (exact) mass is 546 g/mol. The van der Waals surface area contributed by atoms with Crippen molar-refractivity contribution in [2.24, 2.45) is 0 Å². The zero-order valence-corrected chi connectivity index (χ0v) is 27.3. The van der Waals surface area contributed by atoms with Gasteiger partial charge in [-0.3, -0.25) is 0 Å². The molecule has 0 atom stereocenters. The van der Waals surface area contributed by atoms with Crippen molar-refractivity contribution in [1.29, 1.82) is 0 Å². The molecule has 0 aromatic heterocycles. The van der Waals surface area contributed by atoms with Crippen LogP contribution in [0, 0.1) is 0 Å². The molecule has 0 aromatic carbocycles. The normalized spacial score (nSPS) is 13.3. The van der Waals surface area contributed by atoms with E-state index < -0.39 is 6.83 Å². The molecule has 0 spiro atoms. The van der Waals surface area contributed by atoms with Gasteiger partial charge in [0.05, 0.1) is 0 Å². The second kappa shape index (κ2) is 25.8. The van der Waals surface area contributed by atoms with Crippen molar-refractivity contribution in [2.75, 3.05) is 24.6 Å². The maximum absolute atomic E-state index is 12.2. The van der Waals surface area contributed by atoms with Crippen molar-refractivity contribution in [3.05, 3.63) is 0 Å². The summed E-state index contributed by atoms with van der Waals surface area (Å²) in [5.74, 6) is 0. The molecule has 0 bridgehead atoms. The van der Waals surface area contributed by atoms with Crippen LogP contribution in [0.4, 0.5) is 0 Å². The average molecular weight is 547 g/mol. The molecule has 0 unspecified atom stereocenters. The van der Waals surface area contributed by atoms with E-state index >= 15 is 0 Å². The average Bonchev–Trinajstić information content (AvgIpc) is 2.88. The summed E-state index contributed by atoms with van der Waals surface area (Å²) >= 11 is 0. The van der Waals surface area contributed by atoms with Crippen LogP contribution in [0.2, 0.25) is 0 Å². The zero-order chi connectivity index (χ0) is 26.7. The van der Waals surface area contributed by atoms with Crippen LogP contribution in [0.25, 0.3) is 0 Å². The zero-order valence-electron chi connectivity index (χ0n) is 25.5. The number of hydrogen-bond acceptors (Lipinski definition) is 2. The quantitative estimate of drug-likeness (QED) is 0.0661. The topological polar surface area (TPSA) is 26.3 Å². The first-order valence-corrected chi connectivity index (χ1v) is 20.3. The summed E-state index contributed by atoms with van der Waals surface area (Å²) < 4.78 is 18.9. The summed E-state index contributed by atoms with van der Waals surface area (Å²) in [7, 11) is -0.0299. The van der Waals surface area contributed by atoms with Crippen LogP contribution >= 0.6 is 15.5 Å². The van der Waals surface area contributed by atoms with Crippen molar-refractivity contribution >= 4 is 15.5 Å². The van der Waals surface area contributed by atoms with Crippen LogP contribution in [0.15, 0.2) is 0 Å². The minimum atomic E-state index is -2.45. The van der Waals surface area contributed by atoms with Crippen LogP contribution in [-0.2, 0) is 8.88 Å². The molecule has 0 heterocycles. The Morgan fingerprint density at radius 1 is 0.389 bits per heavy atom. The van der Waals surface area contributed by atoms with Crippen molar-refractivity contribution in [2.45, 2.75) is 182 Å². The Hall–Kier alpha value is 0.490. The fraction of sp³-hybridized carbons (Fsp3) is 1.00. The minimum absolute atomic E-state index is 0.0299. The first kappa shape index (κ1) is 36.5. The van der Waals surface area contributed by atoms with E-state index in [1.54, 1.807) is 0 Å². The van der Waals surface area contributed by atoms with Crippen LogP contribution in [0.1, 0.15) is 182 Å². The Morgan fingerprint density at radius 2 is 0.611 bits per heavy atom. The van der Waals surface area contributed by atoms with Gasteiger partial charge in [0.2, 0.25) is 0 Å². The molecule has 0 aliphatic carbocycles. The van der Waals surface area contributed by atoms with Crippen LogP contribution < -0.4 is 0 Å². The van der Waals surface area contributed by atoms with E-state index in [9.17, 15) is 4.57 Å². The molecular weight excluding hydrogens is 478 g/mol. The van der Waals surface area contributed by atoms with Gasteiger partial charge < -0.3 is 0 Å². The van der Waals surface area contributed by atoms with E-state index in [-0.39, 0.29) is 8.69 Å². The van der Waals surface area contributed by atoms with Gasteiger partial charge in [0.1, 0.15) is 0 Å². The van der Waals surface area contributed by atoms with Crippen LogP contribution in [0.3, 0.4) is 0 Å². The molecule has 0 aliphatic heterocycles. The molecular formula is C32H68O2P2. The number of unbranched alkanes of at least 4 members (excludes halogenated alkanes) is 20. The predicted octanol–water partition coefficient (Wildman–Crippen LogP) is 13.1. The predicted molar refractivity (Wildman–Crippen MR) is 169 cm³/mol. The molecule has 36 heavy (non-hydrogen) atoms. The third-order valence-electron chi connectivity index (χ3n) is 8.57. The summed E-state index contributed by atoms with van der Waals surface area (Å²) in [5.41, 5.74) is 0. The van der Waals surface area contributed by atoms with Crippen molar-refractivity contribution in [1.82, 2.24) is 0 Å². The molecule has 0 radical (unpaired) electrons. The molecule has 0 saturated heterocycles. The van der Waals surface area contributed by atoms with Crippen molar-refractivity contribution < 1.29 is 8.88 Å². The molecule has 2 nitrogen and oxygen atoms in total. The van der Waals surface area contributed by atoms with E-state index in [0.29, 0.717) is 0 Å². The molecule has 218 valence electrons. The molecule has 0 amide bonds. The second-order valence-electron chi connectivity index (χ2n) is 12.0. The Labute approximate surface area is 230 Å².